The molecule has 0 saturated carbocycles. The number of carbonyl (C=O) groups is 1. The van der Waals surface area contributed by atoms with Crippen molar-refractivity contribution in [3.8, 4) is 28.5 Å². The minimum atomic E-state index is -0.444. The van der Waals surface area contributed by atoms with E-state index in [0.29, 0.717) is 10.6 Å². The molecule has 4 aromatic rings. The van der Waals surface area contributed by atoms with Gasteiger partial charge in [-0.3, -0.25) is 0 Å². The van der Waals surface area contributed by atoms with Gasteiger partial charge >= 0.3 is 11.9 Å². The Kier molecular flexibility index (Phi) is 5.95. The molecule has 0 aliphatic carbocycles. The van der Waals surface area contributed by atoms with Crippen LogP contribution >= 0.6 is 11.3 Å². The van der Waals surface area contributed by atoms with Crippen molar-refractivity contribution < 1.29 is 19.1 Å². The largest absolute Gasteiger partial charge is 0.479 e. The van der Waals surface area contributed by atoms with Crippen LogP contribution in [0.5, 0.6) is 5.95 Å². The van der Waals surface area contributed by atoms with Gasteiger partial charge in [-0.25, -0.2) is 14.8 Å². The number of thiophene rings is 1. The number of carbonyl (C=O) groups excluding carboxylic acids is 1. The first-order valence-electron chi connectivity index (χ1n) is 9.71. The molecule has 0 bridgehead atoms. The first kappa shape index (κ1) is 20.6. The molecule has 1 N–H and O–H groups in total. The zero-order valence-electron chi connectivity index (χ0n) is 17.0. The number of oxazole rings is 1. The average Bonchev–Trinajstić information content (AvgIpc) is 3.37. The Balaban J connectivity index is 1.70. The van der Waals surface area contributed by atoms with Crippen LogP contribution in [0.4, 0.5) is 5.00 Å². The molecule has 0 aliphatic heterocycles. The van der Waals surface area contributed by atoms with Crippen molar-refractivity contribution >= 4 is 28.5 Å². The number of esters is 1. The van der Waals surface area contributed by atoms with Gasteiger partial charge in [0.15, 0.2) is 5.69 Å². The zero-order chi connectivity index (χ0) is 21.8. The topological polar surface area (TPSA) is 84.9 Å². The molecular weight excluding hydrogens is 412 g/mol. The second-order valence-corrected chi connectivity index (χ2v) is 7.61. The molecule has 0 unspecified atom stereocenters. The van der Waals surface area contributed by atoms with Crippen LogP contribution in [0.25, 0.3) is 22.6 Å². The summed E-state index contributed by atoms with van der Waals surface area (Å²) < 4.78 is 10.6. The first-order valence-corrected chi connectivity index (χ1v) is 10.6. The Morgan fingerprint density at radius 2 is 1.90 bits per heavy atom. The van der Waals surface area contributed by atoms with Gasteiger partial charge < -0.3 is 14.3 Å². The van der Waals surface area contributed by atoms with Crippen LogP contribution in [-0.2, 0) is 4.74 Å². The third-order valence-electron chi connectivity index (χ3n) is 4.57. The smallest absolute Gasteiger partial charge is 0.341 e. The normalized spacial score (nSPS) is 11.2. The lowest BCUT2D eigenvalue weighted by molar-refractivity contribution is 0.0529. The maximum Gasteiger partial charge on any atom is 0.341 e. The van der Waals surface area contributed by atoms with Crippen molar-refractivity contribution in [2.24, 2.45) is 4.99 Å². The fraction of sp³-hybridized carbons (Fsp3) is 0.125. The highest BCUT2D eigenvalue weighted by Gasteiger charge is 2.21. The Morgan fingerprint density at radius 3 is 2.61 bits per heavy atom. The van der Waals surface area contributed by atoms with E-state index in [1.807, 2.05) is 66.9 Å². The highest BCUT2D eigenvalue weighted by molar-refractivity contribution is 7.14. The van der Waals surface area contributed by atoms with Crippen molar-refractivity contribution in [1.29, 1.82) is 0 Å². The van der Waals surface area contributed by atoms with Gasteiger partial charge in [-0.05, 0) is 31.5 Å². The van der Waals surface area contributed by atoms with Gasteiger partial charge in [0.2, 0.25) is 5.89 Å². The lowest BCUT2D eigenvalue weighted by Gasteiger charge is -2.06. The summed E-state index contributed by atoms with van der Waals surface area (Å²) >= 11 is 1.32. The number of aromatic nitrogens is 1. The maximum absolute atomic E-state index is 12.7. The minimum absolute atomic E-state index is 0.180. The van der Waals surface area contributed by atoms with Crippen molar-refractivity contribution in [2.45, 2.75) is 13.8 Å². The molecule has 0 radical (unpaired) electrons. The first-order chi connectivity index (χ1) is 15.1. The summed E-state index contributed by atoms with van der Waals surface area (Å²) in [7, 11) is 0. The molecule has 2 heterocycles. The number of hydrogen-bond acceptors (Lipinski definition) is 7. The molecule has 4 rings (SSSR count). The van der Waals surface area contributed by atoms with Crippen LogP contribution in [-0.4, -0.2) is 28.9 Å². The quantitative estimate of drug-likeness (QED) is 0.298. The number of ether oxygens (including phenoxy) is 1. The number of hydrogen-bond donors (Lipinski definition) is 1. The van der Waals surface area contributed by atoms with Crippen LogP contribution in [0.15, 0.2) is 69.4 Å². The summed E-state index contributed by atoms with van der Waals surface area (Å²) in [5, 5.41) is 12.5. The summed E-state index contributed by atoms with van der Waals surface area (Å²) in [6.45, 7) is 4.03. The van der Waals surface area contributed by atoms with E-state index in [4.69, 9.17) is 9.15 Å². The lowest BCUT2D eigenvalue weighted by atomic mass is 10.0. The van der Waals surface area contributed by atoms with E-state index >= 15 is 0 Å². The average molecular weight is 433 g/mol. The zero-order valence-corrected chi connectivity index (χ0v) is 17.8. The Hall–Kier alpha value is -3.71. The second-order valence-electron chi connectivity index (χ2n) is 6.75. The van der Waals surface area contributed by atoms with Gasteiger partial charge in [0.05, 0.1) is 12.8 Å². The molecule has 0 atom stereocenters. The molecule has 7 heteroatoms. The van der Waals surface area contributed by atoms with E-state index in [0.717, 1.165) is 22.3 Å². The second kappa shape index (κ2) is 8.97. The summed E-state index contributed by atoms with van der Waals surface area (Å²) in [4.78, 5) is 21.4. The molecule has 6 nitrogen and oxygen atoms in total. The number of aryl methyl sites for hydroxylation is 1. The van der Waals surface area contributed by atoms with Gasteiger partial charge in [0, 0.05) is 16.5 Å². The van der Waals surface area contributed by atoms with Gasteiger partial charge in [-0.2, -0.15) is 0 Å². The molecule has 31 heavy (non-hydrogen) atoms. The summed E-state index contributed by atoms with van der Waals surface area (Å²) in [6.07, 6.45) is 1.39. The predicted octanol–water partition coefficient (Wildman–Crippen LogP) is 6.01. The standard InChI is InChI=1S/C24H20N2O4S/c1-3-29-24(28)20-18(16-11-9-15(2)10-12-16)14-31-22(20)25-13-19-23(27)30-21(26-19)17-7-5-4-6-8-17/h4-14,27H,3H2,1-2H3/b25-13-. The Labute approximate surface area is 183 Å². The van der Waals surface area contributed by atoms with Gasteiger partial charge in [-0.15, -0.1) is 11.3 Å². The third-order valence-corrected chi connectivity index (χ3v) is 5.46. The summed E-state index contributed by atoms with van der Waals surface area (Å²) in [6, 6.07) is 17.2. The molecule has 156 valence electrons. The molecule has 2 aromatic carbocycles. The Morgan fingerprint density at radius 1 is 1.16 bits per heavy atom. The fourth-order valence-corrected chi connectivity index (χ4v) is 3.93. The van der Waals surface area contributed by atoms with Crippen LogP contribution in [0.1, 0.15) is 28.5 Å². The molecule has 0 aliphatic rings. The molecular formula is C24H20N2O4S. The van der Waals surface area contributed by atoms with E-state index in [1.54, 1.807) is 6.92 Å². The van der Waals surface area contributed by atoms with E-state index < -0.39 is 5.97 Å². The third kappa shape index (κ3) is 4.41. The number of benzene rings is 2. The van der Waals surface area contributed by atoms with Gasteiger partial charge in [-0.1, -0.05) is 48.0 Å². The lowest BCUT2D eigenvalue weighted by Crippen LogP contribution is -2.05. The van der Waals surface area contributed by atoms with Crippen LogP contribution in [0, 0.1) is 6.92 Å². The number of rotatable bonds is 6. The fourth-order valence-electron chi connectivity index (χ4n) is 3.02. The molecule has 0 amide bonds. The van der Waals surface area contributed by atoms with Crippen LogP contribution in [0.3, 0.4) is 0 Å². The summed E-state index contributed by atoms with van der Waals surface area (Å²) in [5.74, 6) is -0.492. The molecule has 0 spiro atoms. The van der Waals surface area contributed by atoms with Crippen LogP contribution in [0.2, 0.25) is 0 Å². The van der Waals surface area contributed by atoms with E-state index in [2.05, 4.69) is 9.98 Å². The van der Waals surface area contributed by atoms with Gasteiger partial charge in [0.25, 0.3) is 0 Å². The highest BCUT2D eigenvalue weighted by Crippen LogP contribution is 2.38. The van der Waals surface area contributed by atoms with E-state index in [9.17, 15) is 9.90 Å². The molecule has 2 aromatic heterocycles. The number of nitrogens with zero attached hydrogens (tertiary/aromatic N) is 2. The van der Waals surface area contributed by atoms with Crippen molar-refractivity contribution in [2.75, 3.05) is 6.61 Å². The van der Waals surface area contributed by atoms with Crippen molar-refractivity contribution in [3.05, 3.63) is 76.8 Å². The van der Waals surface area contributed by atoms with Crippen molar-refractivity contribution in [3.63, 3.8) is 0 Å². The number of aliphatic imine (C=N–C) groups is 1. The van der Waals surface area contributed by atoms with Gasteiger partial charge in [0.1, 0.15) is 10.6 Å². The predicted molar refractivity (Wildman–Crippen MR) is 121 cm³/mol. The summed E-state index contributed by atoms with van der Waals surface area (Å²) in [5.41, 5.74) is 4.09. The van der Waals surface area contributed by atoms with E-state index in [-0.39, 0.29) is 24.1 Å². The minimum Gasteiger partial charge on any atom is -0.479 e. The number of aromatic hydroxyl groups is 1. The van der Waals surface area contributed by atoms with E-state index in [1.165, 1.54) is 17.6 Å². The SMILES string of the molecule is CCOC(=O)c1c(-c2ccc(C)cc2)csc1/N=C\c1nc(-c2ccccc2)oc1O. The van der Waals surface area contributed by atoms with Crippen molar-refractivity contribution in [1.82, 2.24) is 4.98 Å². The highest BCUT2D eigenvalue weighted by atomic mass is 32.1. The molecule has 0 fully saturated rings. The van der Waals surface area contributed by atoms with Crippen LogP contribution < -0.4 is 0 Å². The molecule has 0 saturated heterocycles. The maximum atomic E-state index is 12.7. The Bertz CT molecular complexity index is 1220. The monoisotopic (exact) mass is 432 g/mol.